The average molecular weight is 295 g/mol. The Bertz CT molecular complexity index is 440. The van der Waals surface area contributed by atoms with Crippen LogP contribution in [-0.2, 0) is 6.54 Å². The zero-order valence-electron chi connectivity index (χ0n) is 14.3. The van der Waals surface area contributed by atoms with Crippen molar-refractivity contribution in [3.05, 3.63) is 23.6 Å². The molecule has 1 N–H and O–H groups in total. The lowest BCUT2D eigenvalue weighted by molar-refractivity contribution is 0.422. The van der Waals surface area contributed by atoms with Crippen molar-refractivity contribution in [2.24, 2.45) is 5.92 Å². The molecule has 0 saturated heterocycles. The lowest BCUT2D eigenvalue weighted by Gasteiger charge is -2.28. The van der Waals surface area contributed by atoms with Crippen LogP contribution >= 0.6 is 0 Å². The molecule has 0 aliphatic heterocycles. The first-order valence-corrected chi connectivity index (χ1v) is 7.91. The number of anilines is 1. The van der Waals surface area contributed by atoms with Gasteiger partial charge in [-0.3, -0.25) is 0 Å². The summed E-state index contributed by atoms with van der Waals surface area (Å²) in [7, 11) is 0. The fourth-order valence-electron chi connectivity index (χ4n) is 2.12. The Labute approximate surface area is 129 Å². The molecule has 21 heavy (non-hydrogen) atoms. The summed E-state index contributed by atoms with van der Waals surface area (Å²) < 4.78 is 13.6. The molecular weight excluding hydrogens is 265 g/mol. The molecule has 0 aliphatic carbocycles. The highest BCUT2D eigenvalue weighted by Crippen LogP contribution is 2.21. The van der Waals surface area contributed by atoms with Crippen molar-refractivity contribution in [2.45, 2.75) is 60.0 Å². The van der Waals surface area contributed by atoms with Crippen molar-refractivity contribution in [2.75, 3.05) is 18.0 Å². The highest BCUT2D eigenvalue weighted by atomic mass is 19.1. The van der Waals surface area contributed by atoms with E-state index >= 15 is 0 Å². The quantitative estimate of drug-likeness (QED) is 0.824. The van der Waals surface area contributed by atoms with Gasteiger partial charge in [0, 0.05) is 30.7 Å². The SMILES string of the molecule is CCC(C)CN(CC)c1ncc(F)cc1CNC(C)(C)C. The van der Waals surface area contributed by atoms with E-state index in [1.54, 1.807) is 6.07 Å². The first-order valence-electron chi connectivity index (χ1n) is 7.91. The number of pyridine rings is 1. The Morgan fingerprint density at radius 1 is 1.33 bits per heavy atom. The Morgan fingerprint density at radius 2 is 2.00 bits per heavy atom. The second kappa shape index (κ2) is 7.74. The molecule has 0 amide bonds. The zero-order chi connectivity index (χ0) is 16.0. The highest BCUT2D eigenvalue weighted by Gasteiger charge is 2.16. The number of nitrogens with one attached hydrogen (secondary N) is 1. The molecule has 1 aromatic rings. The minimum Gasteiger partial charge on any atom is -0.356 e. The Hall–Kier alpha value is -1.16. The summed E-state index contributed by atoms with van der Waals surface area (Å²) in [4.78, 5) is 6.59. The van der Waals surface area contributed by atoms with E-state index in [-0.39, 0.29) is 11.4 Å². The molecule has 0 saturated carbocycles. The van der Waals surface area contributed by atoms with E-state index in [0.29, 0.717) is 12.5 Å². The van der Waals surface area contributed by atoms with Crippen molar-refractivity contribution >= 4 is 5.82 Å². The van der Waals surface area contributed by atoms with Gasteiger partial charge in [0.1, 0.15) is 11.6 Å². The summed E-state index contributed by atoms with van der Waals surface area (Å²) in [5.74, 6) is 1.22. The molecule has 0 aromatic carbocycles. The Morgan fingerprint density at radius 3 is 2.52 bits per heavy atom. The smallest absolute Gasteiger partial charge is 0.141 e. The van der Waals surface area contributed by atoms with E-state index < -0.39 is 0 Å². The number of hydrogen-bond acceptors (Lipinski definition) is 3. The van der Waals surface area contributed by atoms with Crippen molar-refractivity contribution in [1.82, 2.24) is 10.3 Å². The maximum Gasteiger partial charge on any atom is 0.141 e. The zero-order valence-corrected chi connectivity index (χ0v) is 14.3. The number of hydrogen-bond donors (Lipinski definition) is 1. The van der Waals surface area contributed by atoms with Gasteiger partial charge >= 0.3 is 0 Å². The third kappa shape index (κ3) is 6.00. The van der Waals surface area contributed by atoms with Crippen molar-refractivity contribution < 1.29 is 4.39 Å². The van der Waals surface area contributed by atoms with E-state index in [1.165, 1.54) is 6.20 Å². The Balaban J connectivity index is 2.98. The second-order valence-electron chi connectivity index (χ2n) is 6.79. The van der Waals surface area contributed by atoms with Crippen molar-refractivity contribution in [3.63, 3.8) is 0 Å². The summed E-state index contributed by atoms with van der Waals surface area (Å²) in [6.45, 7) is 15.3. The average Bonchev–Trinajstić information content (AvgIpc) is 2.42. The third-order valence-electron chi connectivity index (χ3n) is 3.63. The van der Waals surface area contributed by atoms with Crippen LogP contribution in [0.5, 0.6) is 0 Å². The molecule has 1 unspecified atom stereocenters. The normalized spacial score (nSPS) is 13.3. The van der Waals surface area contributed by atoms with Crippen LogP contribution in [0.3, 0.4) is 0 Å². The molecule has 1 aromatic heterocycles. The van der Waals surface area contributed by atoms with Crippen LogP contribution in [0.15, 0.2) is 12.3 Å². The standard InChI is InChI=1S/C17H30FN3/c1-7-13(3)12-21(8-2)16-14(9-15(18)11-19-16)10-20-17(4,5)6/h9,11,13,20H,7-8,10,12H2,1-6H3. The van der Waals surface area contributed by atoms with Crippen LogP contribution in [0.2, 0.25) is 0 Å². The summed E-state index contributed by atoms with van der Waals surface area (Å²) in [5.41, 5.74) is 0.923. The van der Waals surface area contributed by atoms with Gasteiger partial charge in [0.05, 0.1) is 6.20 Å². The maximum atomic E-state index is 13.6. The minimum atomic E-state index is -0.274. The molecule has 0 bridgehead atoms. The van der Waals surface area contributed by atoms with E-state index in [1.807, 2.05) is 0 Å². The highest BCUT2D eigenvalue weighted by molar-refractivity contribution is 5.47. The van der Waals surface area contributed by atoms with Gasteiger partial charge in [-0.05, 0) is 39.7 Å². The summed E-state index contributed by atoms with van der Waals surface area (Å²) in [6, 6.07) is 1.60. The maximum absolute atomic E-state index is 13.6. The van der Waals surface area contributed by atoms with Crippen molar-refractivity contribution in [3.8, 4) is 0 Å². The molecule has 3 nitrogen and oxygen atoms in total. The summed E-state index contributed by atoms with van der Waals surface area (Å²) in [5, 5.41) is 3.42. The number of aromatic nitrogens is 1. The van der Waals surface area contributed by atoms with Gasteiger partial charge in [0.2, 0.25) is 0 Å². The van der Waals surface area contributed by atoms with Crippen LogP contribution in [-0.4, -0.2) is 23.6 Å². The molecular formula is C17H30FN3. The second-order valence-corrected chi connectivity index (χ2v) is 6.79. The number of halogens is 1. The van der Waals surface area contributed by atoms with Gasteiger partial charge in [-0.15, -0.1) is 0 Å². The van der Waals surface area contributed by atoms with E-state index in [9.17, 15) is 4.39 Å². The van der Waals surface area contributed by atoms with Crippen LogP contribution in [0.1, 0.15) is 53.5 Å². The molecule has 0 fully saturated rings. The van der Waals surface area contributed by atoms with Crippen LogP contribution in [0, 0.1) is 11.7 Å². The first kappa shape index (κ1) is 17.9. The van der Waals surface area contributed by atoms with Crippen LogP contribution in [0.25, 0.3) is 0 Å². The molecule has 4 heteroatoms. The van der Waals surface area contributed by atoms with Crippen LogP contribution < -0.4 is 10.2 Å². The minimum absolute atomic E-state index is 0.00264. The van der Waals surface area contributed by atoms with Crippen LogP contribution in [0.4, 0.5) is 10.2 Å². The van der Waals surface area contributed by atoms with Crippen molar-refractivity contribution in [1.29, 1.82) is 0 Å². The topological polar surface area (TPSA) is 28.2 Å². The number of nitrogens with zero attached hydrogens (tertiary/aromatic N) is 2. The monoisotopic (exact) mass is 295 g/mol. The molecule has 0 spiro atoms. The van der Waals surface area contributed by atoms with Gasteiger partial charge in [-0.1, -0.05) is 20.3 Å². The fourth-order valence-corrected chi connectivity index (χ4v) is 2.12. The van der Waals surface area contributed by atoms with E-state index in [2.05, 4.69) is 56.7 Å². The predicted molar refractivity (Wildman–Crippen MR) is 88.1 cm³/mol. The number of rotatable bonds is 7. The van der Waals surface area contributed by atoms with Gasteiger partial charge in [-0.2, -0.15) is 0 Å². The van der Waals surface area contributed by atoms with Gasteiger partial charge in [-0.25, -0.2) is 9.37 Å². The summed E-state index contributed by atoms with van der Waals surface area (Å²) in [6.07, 6.45) is 2.45. The van der Waals surface area contributed by atoms with Gasteiger partial charge < -0.3 is 10.2 Å². The van der Waals surface area contributed by atoms with Gasteiger partial charge in [0.25, 0.3) is 0 Å². The molecule has 1 rings (SSSR count). The van der Waals surface area contributed by atoms with E-state index in [0.717, 1.165) is 30.9 Å². The fraction of sp³-hybridized carbons (Fsp3) is 0.706. The molecule has 1 heterocycles. The molecule has 1 atom stereocenters. The van der Waals surface area contributed by atoms with Gasteiger partial charge in [0.15, 0.2) is 0 Å². The molecule has 0 aliphatic rings. The lowest BCUT2D eigenvalue weighted by atomic mass is 10.1. The molecule has 0 radical (unpaired) electrons. The first-order chi connectivity index (χ1) is 9.76. The predicted octanol–water partition coefficient (Wildman–Crippen LogP) is 3.98. The molecule has 120 valence electrons. The largest absolute Gasteiger partial charge is 0.356 e. The van der Waals surface area contributed by atoms with E-state index in [4.69, 9.17) is 0 Å². The summed E-state index contributed by atoms with van der Waals surface area (Å²) >= 11 is 0. The lowest BCUT2D eigenvalue weighted by Crippen LogP contribution is -2.36. The third-order valence-corrected chi connectivity index (χ3v) is 3.63. The Kier molecular flexibility index (Phi) is 6.59.